The molecule has 7 nitrogen and oxygen atoms in total. The maximum Gasteiger partial charge on any atom is 0.200 e. The van der Waals surface area contributed by atoms with E-state index in [1.807, 2.05) is 18.4 Å². The van der Waals surface area contributed by atoms with Gasteiger partial charge in [0.1, 0.15) is 0 Å². The van der Waals surface area contributed by atoms with Crippen molar-refractivity contribution >= 4 is 33.0 Å². The normalized spacial score (nSPS) is 11.1. The van der Waals surface area contributed by atoms with Crippen molar-refractivity contribution in [1.82, 2.24) is 14.8 Å². The number of carbonyl (C=O) groups excluding carboxylic acids is 2. The van der Waals surface area contributed by atoms with Gasteiger partial charge in [-0.05, 0) is 37.1 Å². The predicted octanol–water partition coefficient (Wildman–Crippen LogP) is 5.74. The zero-order chi connectivity index (χ0) is 24.2. The topological polar surface area (TPSA) is 83.3 Å². The largest absolute Gasteiger partial charge is 0.493 e. The van der Waals surface area contributed by atoms with Gasteiger partial charge in [-0.3, -0.25) is 9.59 Å². The average Bonchev–Trinajstić information content (AvgIpc) is 3.47. The van der Waals surface area contributed by atoms with Crippen LogP contribution in [0.25, 0.3) is 21.5 Å². The number of carbonyl (C=O) groups is 2. The Morgan fingerprint density at radius 1 is 1.03 bits per heavy atom. The second kappa shape index (κ2) is 10.2. The number of rotatable bonds is 10. The fourth-order valence-corrected chi connectivity index (χ4v) is 4.93. The average molecular weight is 478 g/mol. The van der Waals surface area contributed by atoms with Crippen LogP contribution in [0, 0.1) is 6.92 Å². The molecule has 0 aliphatic heterocycles. The van der Waals surface area contributed by atoms with Gasteiger partial charge < -0.3 is 9.47 Å². The van der Waals surface area contributed by atoms with E-state index >= 15 is 0 Å². The molecule has 176 valence electrons. The van der Waals surface area contributed by atoms with Crippen molar-refractivity contribution in [2.24, 2.45) is 0 Å². The number of methoxy groups -OCH3 is 2. The van der Waals surface area contributed by atoms with Gasteiger partial charge in [0.15, 0.2) is 34.7 Å². The van der Waals surface area contributed by atoms with Crippen molar-refractivity contribution in [2.75, 3.05) is 14.2 Å². The van der Waals surface area contributed by atoms with Crippen LogP contribution in [0.5, 0.6) is 11.5 Å². The number of hydrogen-bond donors (Lipinski definition) is 0. The van der Waals surface area contributed by atoms with Gasteiger partial charge in [0.25, 0.3) is 0 Å². The second-order valence-corrected chi connectivity index (χ2v) is 8.88. The Morgan fingerprint density at radius 3 is 2.53 bits per heavy atom. The highest BCUT2D eigenvalue weighted by molar-refractivity contribution is 7.18. The maximum atomic E-state index is 13.1. The highest BCUT2D eigenvalue weighted by atomic mass is 32.1. The molecule has 0 N–H and O–H groups in total. The van der Waals surface area contributed by atoms with Crippen LogP contribution in [-0.2, 0) is 6.54 Å². The number of aromatic nitrogens is 3. The standard InChI is InChI=1S/C26H27N3O4S/c1-5-13-29-26(27-25(28-29)19-15-34-24-16(2)7-6-8-18(19)24)21(31)11-10-20(30)17-9-12-22(32-3)23(14-17)33-4/h6-9,12,14-15H,5,10-11,13H2,1-4H3. The highest BCUT2D eigenvalue weighted by Gasteiger charge is 2.21. The van der Waals surface area contributed by atoms with Crippen molar-refractivity contribution in [3.63, 3.8) is 0 Å². The first-order valence-electron chi connectivity index (χ1n) is 11.2. The van der Waals surface area contributed by atoms with E-state index in [-0.39, 0.29) is 24.4 Å². The van der Waals surface area contributed by atoms with Gasteiger partial charge in [0, 0.05) is 46.0 Å². The summed E-state index contributed by atoms with van der Waals surface area (Å²) < 4.78 is 13.4. The summed E-state index contributed by atoms with van der Waals surface area (Å²) in [6.45, 7) is 4.69. The van der Waals surface area contributed by atoms with Crippen LogP contribution in [-0.4, -0.2) is 40.6 Å². The Kier molecular flexibility index (Phi) is 7.07. The van der Waals surface area contributed by atoms with Gasteiger partial charge in [0.2, 0.25) is 0 Å². The Hall–Kier alpha value is -3.52. The molecule has 0 bridgehead atoms. The summed E-state index contributed by atoms with van der Waals surface area (Å²) in [4.78, 5) is 30.4. The van der Waals surface area contributed by atoms with E-state index in [1.54, 1.807) is 41.3 Å². The Bertz CT molecular complexity index is 1360. The van der Waals surface area contributed by atoms with E-state index in [2.05, 4.69) is 29.1 Å². The summed E-state index contributed by atoms with van der Waals surface area (Å²) in [5, 5.41) is 7.77. The Morgan fingerprint density at radius 2 is 1.79 bits per heavy atom. The van der Waals surface area contributed by atoms with Crippen LogP contribution in [0.4, 0.5) is 0 Å². The highest BCUT2D eigenvalue weighted by Crippen LogP contribution is 2.34. The van der Waals surface area contributed by atoms with E-state index in [1.165, 1.54) is 17.4 Å². The summed E-state index contributed by atoms with van der Waals surface area (Å²) >= 11 is 1.65. The molecule has 4 rings (SSSR count). The minimum absolute atomic E-state index is 0.0541. The summed E-state index contributed by atoms with van der Waals surface area (Å²) in [5.41, 5.74) is 2.60. The van der Waals surface area contributed by atoms with Gasteiger partial charge in [-0.15, -0.1) is 11.3 Å². The number of ether oxygens (including phenoxy) is 2. The third-order valence-corrected chi connectivity index (χ3v) is 6.81. The zero-order valence-electron chi connectivity index (χ0n) is 19.8. The van der Waals surface area contributed by atoms with Crippen molar-refractivity contribution in [2.45, 2.75) is 39.7 Å². The second-order valence-electron chi connectivity index (χ2n) is 8.00. The van der Waals surface area contributed by atoms with Crippen molar-refractivity contribution in [1.29, 1.82) is 0 Å². The molecule has 2 heterocycles. The third kappa shape index (κ3) is 4.59. The van der Waals surface area contributed by atoms with E-state index < -0.39 is 0 Å². The quantitative estimate of drug-likeness (QED) is 0.271. The summed E-state index contributed by atoms with van der Waals surface area (Å²) in [6.07, 6.45) is 0.943. The molecule has 34 heavy (non-hydrogen) atoms. The van der Waals surface area contributed by atoms with Gasteiger partial charge in [-0.25, -0.2) is 9.67 Å². The number of thiophene rings is 1. The van der Waals surface area contributed by atoms with Gasteiger partial charge in [0.05, 0.1) is 14.2 Å². The Labute approximate surface area is 202 Å². The zero-order valence-corrected chi connectivity index (χ0v) is 20.6. The molecular formula is C26H27N3O4S. The molecule has 0 amide bonds. The number of hydrogen-bond acceptors (Lipinski definition) is 7. The first-order valence-corrected chi connectivity index (χ1v) is 12.0. The summed E-state index contributed by atoms with van der Waals surface area (Å²) in [7, 11) is 3.06. The SMILES string of the molecule is CCCn1nc(-c2csc3c(C)cccc23)nc1C(=O)CCC(=O)c1ccc(OC)c(OC)c1. The monoisotopic (exact) mass is 477 g/mol. The molecule has 4 aromatic rings. The van der Waals surface area contributed by atoms with E-state index in [0.717, 1.165) is 17.4 Å². The van der Waals surface area contributed by atoms with Gasteiger partial charge in [-0.2, -0.15) is 5.10 Å². The Balaban J connectivity index is 1.55. The molecule has 0 fully saturated rings. The lowest BCUT2D eigenvalue weighted by molar-refractivity contribution is 0.0908. The van der Waals surface area contributed by atoms with Gasteiger partial charge >= 0.3 is 0 Å². The molecule has 8 heteroatoms. The third-order valence-electron chi connectivity index (χ3n) is 5.68. The number of nitrogens with zero attached hydrogens (tertiary/aromatic N) is 3. The predicted molar refractivity (Wildman–Crippen MR) is 133 cm³/mol. The van der Waals surface area contributed by atoms with Crippen LogP contribution in [0.3, 0.4) is 0 Å². The molecule has 0 aliphatic carbocycles. The van der Waals surface area contributed by atoms with Crippen LogP contribution in [0.15, 0.2) is 41.8 Å². The molecule has 0 unspecified atom stereocenters. The minimum Gasteiger partial charge on any atom is -0.493 e. The van der Waals surface area contributed by atoms with Crippen molar-refractivity contribution in [3.8, 4) is 22.9 Å². The lowest BCUT2D eigenvalue weighted by Crippen LogP contribution is -2.13. The first-order chi connectivity index (χ1) is 16.5. The number of ketones is 2. The van der Waals surface area contributed by atoms with E-state index in [4.69, 9.17) is 9.47 Å². The molecular weight excluding hydrogens is 450 g/mol. The molecule has 2 aromatic carbocycles. The van der Waals surface area contributed by atoms with E-state index in [9.17, 15) is 9.59 Å². The molecule has 2 aromatic heterocycles. The summed E-state index contributed by atoms with van der Waals surface area (Å²) in [5.74, 6) is 1.52. The number of aryl methyl sites for hydroxylation is 2. The van der Waals surface area contributed by atoms with Crippen LogP contribution in [0.1, 0.15) is 52.7 Å². The molecule has 0 spiro atoms. The minimum atomic E-state index is -0.197. The first kappa shape index (κ1) is 23.6. The fraction of sp³-hybridized carbons (Fsp3) is 0.308. The fourth-order valence-electron chi connectivity index (χ4n) is 3.90. The summed E-state index contributed by atoms with van der Waals surface area (Å²) in [6, 6.07) is 11.1. The number of benzene rings is 2. The lowest BCUT2D eigenvalue weighted by Gasteiger charge is -2.09. The molecule has 0 saturated carbocycles. The van der Waals surface area contributed by atoms with E-state index in [0.29, 0.717) is 35.3 Å². The maximum absolute atomic E-state index is 13.1. The lowest BCUT2D eigenvalue weighted by atomic mass is 10.0. The number of fused-ring (bicyclic) bond motifs is 1. The van der Waals surface area contributed by atoms with Crippen LogP contribution < -0.4 is 9.47 Å². The molecule has 0 radical (unpaired) electrons. The van der Waals surface area contributed by atoms with Crippen molar-refractivity contribution < 1.29 is 19.1 Å². The number of Topliss-reactive ketones (excluding diaryl/α,β-unsaturated/α-hetero) is 2. The van der Waals surface area contributed by atoms with Crippen LogP contribution >= 0.6 is 11.3 Å². The molecule has 0 atom stereocenters. The molecule has 0 aliphatic rings. The smallest absolute Gasteiger partial charge is 0.200 e. The van der Waals surface area contributed by atoms with Crippen LogP contribution in [0.2, 0.25) is 0 Å². The molecule has 0 saturated heterocycles. The van der Waals surface area contributed by atoms with Gasteiger partial charge in [-0.1, -0.05) is 25.1 Å². The van der Waals surface area contributed by atoms with Crippen molar-refractivity contribution in [3.05, 3.63) is 58.7 Å².